The van der Waals surface area contributed by atoms with Crippen molar-refractivity contribution >= 4 is 11.8 Å². The Bertz CT molecular complexity index is 497. The number of amides is 2. The van der Waals surface area contributed by atoms with Gasteiger partial charge in [0.15, 0.2) is 0 Å². The monoisotopic (exact) mass is 282 g/mol. The molecule has 108 valence electrons. The number of benzene rings is 1. The lowest BCUT2D eigenvalue weighted by molar-refractivity contribution is -0.161. The van der Waals surface area contributed by atoms with E-state index in [1.165, 1.54) is 24.3 Å². The summed E-state index contributed by atoms with van der Waals surface area (Å²) in [6.45, 7) is 0.268. The molecule has 0 bridgehead atoms. The molecule has 0 atom stereocenters. The largest absolute Gasteiger partial charge is 0.369 e. The molecule has 0 unspecified atom stereocenters. The first-order chi connectivity index (χ1) is 9.43. The number of hydrogen-bond acceptors (Lipinski definition) is 2. The SMILES string of the molecule is NC(=O)C1CCN(C(=O)C(F)(F)c2ccccc2)CC1. The van der Waals surface area contributed by atoms with Gasteiger partial charge < -0.3 is 10.6 Å². The van der Waals surface area contributed by atoms with Crippen molar-refractivity contribution in [2.75, 3.05) is 13.1 Å². The van der Waals surface area contributed by atoms with Crippen molar-refractivity contribution in [2.45, 2.75) is 18.8 Å². The molecule has 1 fully saturated rings. The molecule has 2 N–H and O–H groups in total. The molecular weight excluding hydrogens is 266 g/mol. The molecule has 0 saturated carbocycles. The van der Waals surface area contributed by atoms with Crippen molar-refractivity contribution in [1.82, 2.24) is 4.90 Å². The van der Waals surface area contributed by atoms with Crippen molar-refractivity contribution in [3.63, 3.8) is 0 Å². The third-order valence-corrected chi connectivity index (χ3v) is 3.59. The van der Waals surface area contributed by atoms with E-state index in [9.17, 15) is 18.4 Å². The van der Waals surface area contributed by atoms with Gasteiger partial charge in [0, 0.05) is 24.6 Å². The predicted molar refractivity (Wildman–Crippen MR) is 68.8 cm³/mol. The van der Waals surface area contributed by atoms with E-state index >= 15 is 0 Å². The van der Waals surface area contributed by atoms with E-state index in [-0.39, 0.29) is 24.6 Å². The van der Waals surface area contributed by atoms with E-state index < -0.39 is 17.7 Å². The topological polar surface area (TPSA) is 63.4 Å². The van der Waals surface area contributed by atoms with E-state index in [1.807, 2.05) is 0 Å². The van der Waals surface area contributed by atoms with Gasteiger partial charge in [0.1, 0.15) is 0 Å². The molecule has 0 radical (unpaired) electrons. The van der Waals surface area contributed by atoms with Crippen LogP contribution in [0.3, 0.4) is 0 Å². The molecule has 0 aromatic heterocycles. The maximum absolute atomic E-state index is 14.1. The third-order valence-electron chi connectivity index (χ3n) is 3.59. The van der Waals surface area contributed by atoms with Crippen LogP contribution >= 0.6 is 0 Å². The first-order valence-electron chi connectivity index (χ1n) is 6.45. The summed E-state index contributed by atoms with van der Waals surface area (Å²) in [6.07, 6.45) is 0.678. The Kier molecular flexibility index (Phi) is 4.01. The number of rotatable bonds is 3. The summed E-state index contributed by atoms with van der Waals surface area (Å²) in [5, 5.41) is 0. The van der Waals surface area contributed by atoms with Gasteiger partial charge in [-0.1, -0.05) is 30.3 Å². The first kappa shape index (κ1) is 14.4. The second-order valence-electron chi connectivity index (χ2n) is 4.91. The summed E-state index contributed by atoms with van der Waals surface area (Å²) in [5.41, 5.74) is 4.86. The minimum absolute atomic E-state index is 0.134. The number of carbonyl (C=O) groups excluding carboxylic acids is 2. The fraction of sp³-hybridized carbons (Fsp3) is 0.429. The summed E-state index contributed by atoms with van der Waals surface area (Å²) in [6, 6.07) is 7.01. The number of primary amides is 1. The van der Waals surface area contributed by atoms with Crippen LogP contribution in [0.25, 0.3) is 0 Å². The zero-order valence-corrected chi connectivity index (χ0v) is 10.9. The number of alkyl halides is 2. The molecule has 1 aliphatic rings. The van der Waals surface area contributed by atoms with Gasteiger partial charge in [-0.25, -0.2) is 0 Å². The fourth-order valence-corrected chi connectivity index (χ4v) is 2.34. The van der Waals surface area contributed by atoms with Crippen molar-refractivity contribution < 1.29 is 18.4 Å². The van der Waals surface area contributed by atoms with Gasteiger partial charge in [-0.15, -0.1) is 0 Å². The minimum atomic E-state index is -3.54. The second-order valence-corrected chi connectivity index (χ2v) is 4.91. The van der Waals surface area contributed by atoms with Crippen LogP contribution in [0.2, 0.25) is 0 Å². The number of hydrogen-bond donors (Lipinski definition) is 1. The molecule has 2 amide bonds. The predicted octanol–water partition coefficient (Wildman–Crippen LogP) is 1.50. The van der Waals surface area contributed by atoms with Crippen LogP contribution < -0.4 is 5.73 Å². The van der Waals surface area contributed by atoms with Gasteiger partial charge in [-0.05, 0) is 12.8 Å². The smallest absolute Gasteiger partial charge is 0.349 e. The lowest BCUT2D eigenvalue weighted by atomic mass is 9.95. The molecule has 20 heavy (non-hydrogen) atoms. The first-order valence-corrected chi connectivity index (χ1v) is 6.45. The molecule has 0 aliphatic carbocycles. The van der Waals surface area contributed by atoms with Crippen LogP contribution in [0, 0.1) is 5.92 Å². The van der Waals surface area contributed by atoms with Crippen molar-refractivity contribution in [1.29, 1.82) is 0 Å². The number of nitrogens with two attached hydrogens (primary N) is 1. The Morgan fingerprint density at radius 3 is 2.20 bits per heavy atom. The summed E-state index contributed by atoms with van der Waals surface area (Å²) >= 11 is 0. The van der Waals surface area contributed by atoms with Gasteiger partial charge in [-0.2, -0.15) is 8.78 Å². The summed E-state index contributed by atoms with van der Waals surface area (Å²) in [5.74, 6) is -5.52. The lowest BCUT2D eigenvalue weighted by Gasteiger charge is -2.33. The average Bonchev–Trinajstić information content (AvgIpc) is 2.47. The van der Waals surface area contributed by atoms with Crippen LogP contribution in [0.15, 0.2) is 30.3 Å². The van der Waals surface area contributed by atoms with Gasteiger partial charge in [0.2, 0.25) is 5.91 Å². The van der Waals surface area contributed by atoms with Crippen LogP contribution in [0.1, 0.15) is 18.4 Å². The van der Waals surface area contributed by atoms with E-state index in [4.69, 9.17) is 5.73 Å². The van der Waals surface area contributed by atoms with Crippen molar-refractivity contribution in [3.8, 4) is 0 Å². The molecule has 1 heterocycles. The highest BCUT2D eigenvalue weighted by Crippen LogP contribution is 2.31. The molecule has 2 rings (SSSR count). The van der Waals surface area contributed by atoms with Gasteiger partial charge in [0.25, 0.3) is 5.91 Å². The summed E-state index contributed by atoms with van der Waals surface area (Å²) in [7, 11) is 0. The van der Waals surface area contributed by atoms with Gasteiger partial charge in [0.05, 0.1) is 0 Å². The molecule has 6 heteroatoms. The number of piperidine rings is 1. The minimum Gasteiger partial charge on any atom is -0.369 e. The van der Waals surface area contributed by atoms with Crippen LogP contribution in [-0.4, -0.2) is 29.8 Å². The fourth-order valence-electron chi connectivity index (χ4n) is 2.34. The molecule has 0 spiro atoms. The Labute approximate surface area is 115 Å². The van der Waals surface area contributed by atoms with Crippen LogP contribution in [0.5, 0.6) is 0 Å². The Hall–Kier alpha value is -1.98. The Morgan fingerprint density at radius 2 is 1.70 bits per heavy atom. The van der Waals surface area contributed by atoms with Gasteiger partial charge in [-0.3, -0.25) is 9.59 Å². The van der Waals surface area contributed by atoms with Crippen molar-refractivity contribution in [2.24, 2.45) is 11.7 Å². The number of nitrogens with zero attached hydrogens (tertiary/aromatic N) is 1. The average molecular weight is 282 g/mol. The summed E-state index contributed by atoms with van der Waals surface area (Å²) in [4.78, 5) is 24.1. The number of carbonyl (C=O) groups is 2. The highest BCUT2D eigenvalue weighted by molar-refractivity contribution is 5.85. The zero-order chi connectivity index (χ0) is 14.8. The molecule has 1 saturated heterocycles. The number of halogens is 2. The highest BCUT2D eigenvalue weighted by Gasteiger charge is 2.44. The van der Waals surface area contributed by atoms with E-state index in [2.05, 4.69) is 0 Å². The van der Waals surface area contributed by atoms with Crippen molar-refractivity contribution in [3.05, 3.63) is 35.9 Å². The molecule has 1 aromatic carbocycles. The Morgan fingerprint density at radius 1 is 1.15 bits per heavy atom. The number of likely N-dealkylation sites (tertiary alicyclic amines) is 1. The quantitative estimate of drug-likeness (QED) is 0.913. The molecule has 4 nitrogen and oxygen atoms in total. The maximum Gasteiger partial charge on any atom is 0.349 e. The zero-order valence-electron chi connectivity index (χ0n) is 10.9. The molecule has 1 aliphatic heterocycles. The van der Waals surface area contributed by atoms with E-state index in [0.29, 0.717) is 12.8 Å². The summed E-state index contributed by atoms with van der Waals surface area (Å²) < 4.78 is 28.2. The van der Waals surface area contributed by atoms with Crippen LogP contribution in [-0.2, 0) is 15.5 Å². The van der Waals surface area contributed by atoms with E-state index in [1.54, 1.807) is 6.07 Å². The standard InChI is InChI=1S/C14H16F2N2O2/c15-14(16,11-4-2-1-3-5-11)13(20)18-8-6-10(7-9-18)12(17)19/h1-5,10H,6-9H2,(H2,17,19). The Balaban J connectivity index is 2.07. The third kappa shape index (κ3) is 2.79. The molecular formula is C14H16F2N2O2. The maximum atomic E-state index is 14.1. The second kappa shape index (κ2) is 5.56. The normalized spacial score (nSPS) is 17.0. The highest BCUT2D eigenvalue weighted by atomic mass is 19.3. The van der Waals surface area contributed by atoms with Crippen LogP contribution in [0.4, 0.5) is 8.78 Å². The lowest BCUT2D eigenvalue weighted by Crippen LogP contribution is -2.47. The van der Waals surface area contributed by atoms with Gasteiger partial charge >= 0.3 is 5.92 Å². The van der Waals surface area contributed by atoms with E-state index in [0.717, 1.165) is 4.90 Å². The molecule has 1 aromatic rings.